The normalized spacial score (nSPS) is 18.0. The van der Waals surface area contributed by atoms with Gasteiger partial charge in [0, 0.05) is 41.6 Å². The molecule has 1 aromatic heterocycles. The zero-order chi connectivity index (χ0) is 20.8. The Morgan fingerprint density at radius 2 is 2.07 bits per heavy atom. The van der Waals surface area contributed by atoms with Crippen LogP contribution in [0.4, 0.5) is 10.1 Å². The van der Waals surface area contributed by atoms with Crippen LogP contribution in [0.15, 0.2) is 54.5 Å². The predicted molar refractivity (Wildman–Crippen MR) is 117 cm³/mol. The standard InChI is InChI=1S/C22H22ClFN6/c1-13-22-19-4-3-14(15-11-25-29(2)12-15)7-20(19)21(5-6-30(22)28-27-13)26-18-9-16(23)8-17(24)10-18/h3-4,7-12,21,26-28H,5-6H2,1-2H3. The van der Waals surface area contributed by atoms with Gasteiger partial charge in [0.25, 0.3) is 0 Å². The van der Waals surface area contributed by atoms with E-state index in [-0.39, 0.29) is 11.9 Å². The number of hydrazine groups is 2. The summed E-state index contributed by atoms with van der Waals surface area (Å²) in [4.78, 5) is 0. The maximum atomic E-state index is 13.9. The van der Waals surface area contributed by atoms with Crippen molar-refractivity contribution in [2.45, 2.75) is 19.4 Å². The first-order valence-corrected chi connectivity index (χ1v) is 10.2. The summed E-state index contributed by atoms with van der Waals surface area (Å²) in [6, 6.07) is 11.0. The predicted octanol–water partition coefficient (Wildman–Crippen LogP) is 4.45. The summed E-state index contributed by atoms with van der Waals surface area (Å²) in [6.45, 7) is 2.85. The zero-order valence-corrected chi connectivity index (χ0v) is 17.5. The van der Waals surface area contributed by atoms with Crippen molar-refractivity contribution >= 4 is 23.0 Å². The van der Waals surface area contributed by atoms with Gasteiger partial charge in [-0.25, -0.2) is 4.39 Å². The first kappa shape index (κ1) is 19.0. The van der Waals surface area contributed by atoms with Crippen molar-refractivity contribution < 1.29 is 4.39 Å². The van der Waals surface area contributed by atoms with E-state index in [1.165, 1.54) is 12.1 Å². The topological polar surface area (TPSA) is 57.2 Å². The van der Waals surface area contributed by atoms with Gasteiger partial charge in [-0.2, -0.15) is 5.10 Å². The summed E-state index contributed by atoms with van der Waals surface area (Å²) in [6.07, 6.45) is 4.69. The van der Waals surface area contributed by atoms with Gasteiger partial charge in [0.05, 0.1) is 23.6 Å². The molecule has 0 saturated carbocycles. The van der Waals surface area contributed by atoms with Gasteiger partial charge in [0.1, 0.15) is 5.82 Å². The van der Waals surface area contributed by atoms with Crippen molar-refractivity contribution in [3.8, 4) is 11.1 Å². The third kappa shape index (κ3) is 3.40. The van der Waals surface area contributed by atoms with Crippen molar-refractivity contribution in [3.05, 3.63) is 76.5 Å². The number of hydrogen-bond donors (Lipinski definition) is 3. The number of benzene rings is 2. The van der Waals surface area contributed by atoms with Crippen LogP contribution in [-0.2, 0) is 7.05 Å². The van der Waals surface area contributed by atoms with Crippen LogP contribution in [0.5, 0.6) is 0 Å². The molecule has 0 saturated heterocycles. The molecule has 0 spiro atoms. The molecule has 2 aliphatic heterocycles. The largest absolute Gasteiger partial charge is 0.378 e. The van der Waals surface area contributed by atoms with E-state index >= 15 is 0 Å². The van der Waals surface area contributed by atoms with Crippen LogP contribution in [0, 0.1) is 5.82 Å². The molecule has 0 fully saturated rings. The van der Waals surface area contributed by atoms with Crippen molar-refractivity contribution in [1.82, 2.24) is 25.7 Å². The van der Waals surface area contributed by atoms with E-state index in [1.807, 2.05) is 19.4 Å². The molecule has 3 heterocycles. The highest BCUT2D eigenvalue weighted by Crippen LogP contribution is 2.39. The number of nitrogens with one attached hydrogen (secondary N) is 3. The molecular weight excluding hydrogens is 403 g/mol. The van der Waals surface area contributed by atoms with Gasteiger partial charge in [-0.1, -0.05) is 23.7 Å². The van der Waals surface area contributed by atoms with E-state index in [4.69, 9.17) is 11.6 Å². The Bertz CT molecular complexity index is 1130. The molecule has 0 amide bonds. The lowest BCUT2D eigenvalue weighted by atomic mass is 9.93. The first-order chi connectivity index (χ1) is 14.5. The average molecular weight is 425 g/mol. The quantitative estimate of drug-likeness (QED) is 0.580. The van der Waals surface area contributed by atoms with Gasteiger partial charge in [-0.3, -0.25) is 9.69 Å². The SMILES string of the molecule is CC1=C2c3ccc(-c4cnn(C)c4)cc3C(Nc3cc(F)cc(Cl)c3)CCN2NN1. The molecule has 8 heteroatoms. The summed E-state index contributed by atoms with van der Waals surface area (Å²) >= 11 is 6.08. The fraction of sp³-hybridized carbons (Fsp3) is 0.227. The number of hydrogen-bond acceptors (Lipinski definition) is 5. The maximum Gasteiger partial charge on any atom is 0.126 e. The van der Waals surface area contributed by atoms with E-state index in [2.05, 4.69) is 51.5 Å². The lowest BCUT2D eigenvalue weighted by molar-refractivity contribution is 0.281. The van der Waals surface area contributed by atoms with E-state index in [1.54, 1.807) is 10.7 Å². The average Bonchev–Trinajstić information content (AvgIpc) is 3.25. The molecule has 6 nitrogen and oxygen atoms in total. The van der Waals surface area contributed by atoms with Crippen LogP contribution in [0.25, 0.3) is 16.8 Å². The van der Waals surface area contributed by atoms with Crippen LogP contribution in [-0.4, -0.2) is 21.3 Å². The van der Waals surface area contributed by atoms with Crippen LogP contribution in [0.1, 0.15) is 30.5 Å². The van der Waals surface area contributed by atoms with Crippen LogP contribution in [0.2, 0.25) is 5.02 Å². The fourth-order valence-electron chi connectivity index (χ4n) is 4.20. The second-order valence-electron chi connectivity index (χ2n) is 7.71. The van der Waals surface area contributed by atoms with Crippen molar-refractivity contribution in [2.75, 3.05) is 11.9 Å². The molecule has 3 N–H and O–H groups in total. The van der Waals surface area contributed by atoms with Crippen molar-refractivity contribution in [1.29, 1.82) is 0 Å². The Morgan fingerprint density at radius 1 is 1.20 bits per heavy atom. The number of fused-ring (bicyclic) bond motifs is 3. The molecule has 30 heavy (non-hydrogen) atoms. The van der Waals surface area contributed by atoms with Gasteiger partial charge >= 0.3 is 0 Å². The molecule has 5 rings (SSSR count). The Balaban J connectivity index is 1.62. The number of rotatable bonds is 3. The monoisotopic (exact) mass is 424 g/mol. The van der Waals surface area contributed by atoms with Gasteiger partial charge in [0.15, 0.2) is 0 Å². The summed E-state index contributed by atoms with van der Waals surface area (Å²) in [5, 5.41) is 10.3. The summed E-state index contributed by atoms with van der Waals surface area (Å²) in [5.41, 5.74) is 13.7. The molecule has 0 aliphatic carbocycles. The van der Waals surface area contributed by atoms with E-state index in [0.29, 0.717) is 10.7 Å². The number of aromatic nitrogens is 2. The third-order valence-electron chi connectivity index (χ3n) is 5.57. The molecule has 2 aliphatic rings. The Labute approximate surface area is 179 Å². The van der Waals surface area contributed by atoms with Gasteiger partial charge in [-0.15, -0.1) is 5.53 Å². The van der Waals surface area contributed by atoms with Gasteiger partial charge in [-0.05, 0) is 48.7 Å². The molecule has 1 unspecified atom stereocenters. The highest BCUT2D eigenvalue weighted by atomic mass is 35.5. The van der Waals surface area contributed by atoms with Crippen LogP contribution < -0.4 is 16.3 Å². The molecular formula is C22H22ClFN6. The number of allylic oxidation sites excluding steroid dienone is 1. The molecule has 1 atom stereocenters. The molecule has 0 bridgehead atoms. The van der Waals surface area contributed by atoms with Gasteiger partial charge in [0.2, 0.25) is 0 Å². The smallest absolute Gasteiger partial charge is 0.126 e. The Hall–Kier alpha value is -3.03. The summed E-state index contributed by atoms with van der Waals surface area (Å²) in [5.74, 6) is -0.354. The molecule has 154 valence electrons. The van der Waals surface area contributed by atoms with Gasteiger partial charge < -0.3 is 10.7 Å². The van der Waals surface area contributed by atoms with E-state index in [9.17, 15) is 4.39 Å². The zero-order valence-electron chi connectivity index (χ0n) is 16.7. The summed E-state index contributed by atoms with van der Waals surface area (Å²) < 4.78 is 15.7. The minimum Gasteiger partial charge on any atom is -0.378 e. The highest BCUT2D eigenvalue weighted by Gasteiger charge is 2.30. The van der Waals surface area contributed by atoms with Crippen LogP contribution in [0.3, 0.4) is 0 Å². The molecule has 3 aromatic rings. The van der Waals surface area contributed by atoms with E-state index in [0.717, 1.165) is 46.6 Å². The Kier molecular flexibility index (Phi) is 4.64. The lowest BCUT2D eigenvalue weighted by Crippen LogP contribution is -2.37. The maximum absolute atomic E-state index is 13.9. The minimum atomic E-state index is -0.354. The lowest BCUT2D eigenvalue weighted by Gasteiger charge is -2.21. The van der Waals surface area contributed by atoms with Crippen molar-refractivity contribution in [3.63, 3.8) is 0 Å². The summed E-state index contributed by atoms with van der Waals surface area (Å²) in [7, 11) is 1.91. The van der Waals surface area contributed by atoms with Crippen molar-refractivity contribution in [2.24, 2.45) is 7.05 Å². The molecule has 0 radical (unpaired) electrons. The van der Waals surface area contributed by atoms with Crippen LogP contribution >= 0.6 is 11.6 Å². The number of aryl methyl sites for hydroxylation is 1. The fourth-order valence-corrected chi connectivity index (χ4v) is 4.42. The number of halogens is 2. The Morgan fingerprint density at radius 3 is 2.83 bits per heavy atom. The number of nitrogens with zero attached hydrogens (tertiary/aromatic N) is 3. The van der Waals surface area contributed by atoms with E-state index < -0.39 is 0 Å². The first-order valence-electron chi connectivity index (χ1n) is 9.84. The minimum absolute atomic E-state index is 0.0119. The third-order valence-corrected chi connectivity index (χ3v) is 5.79. The molecule has 2 aromatic carbocycles. The number of anilines is 1. The highest BCUT2D eigenvalue weighted by molar-refractivity contribution is 6.30. The second kappa shape index (κ2) is 7.34. The second-order valence-corrected chi connectivity index (χ2v) is 8.15.